The Morgan fingerprint density at radius 3 is 2.74 bits per heavy atom. The molecule has 2 heterocycles. The second-order valence-electron chi connectivity index (χ2n) is 4.66. The lowest BCUT2D eigenvalue weighted by molar-refractivity contribution is 0.173. The summed E-state index contributed by atoms with van der Waals surface area (Å²) < 4.78 is 3.70. The standard InChI is InChI=1S/C13H21N5O/c1-3-5-17-9-11(8-15-17)12(19)7-13-14-10-16-18(13)6-4-2/h8-10,12,19H,3-7H2,1-2H3. The Morgan fingerprint density at radius 2 is 2.00 bits per heavy atom. The smallest absolute Gasteiger partial charge is 0.138 e. The molecule has 104 valence electrons. The van der Waals surface area contributed by atoms with Gasteiger partial charge in [-0.15, -0.1) is 0 Å². The summed E-state index contributed by atoms with van der Waals surface area (Å²) in [6.07, 6.45) is 7.08. The van der Waals surface area contributed by atoms with Gasteiger partial charge in [-0.1, -0.05) is 13.8 Å². The highest BCUT2D eigenvalue weighted by Crippen LogP contribution is 2.16. The fourth-order valence-electron chi connectivity index (χ4n) is 2.04. The molecule has 1 N–H and O–H groups in total. The third-order valence-electron chi connectivity index (χ3n) is 3.00. The zero-order chi connectivity index (χ0) is 13.7. The summed E-state index contributed by atoms with van der Waals surface area (Å²) in [5.41, 5.74) is 0.833. The summed E-state index contributed by atoms with van der Waals surface area (Å²) in [6, 6.07) is 0. The summed E-state index contributed by atoms with van der Waals surface area (Å²) in [4.78, 5) is 4.21. The van der Waals surface area contributed by atoms with Crippen molar-refractivity contribution in [3.8, 4) is 0 Å². The molecule has 1 unspecified atom stereocenters. The van der Waals surface area contributed by atoms with E-state index in [1.165, 1.54) is 6.33 Å². The Labute approximate surface area is 113 Å². The molecule has 6 heteroatoms. The molecule has 0 aliphatic heterocycles. The first-order valence-electron chi connectivity index (χ1n) is 6.81. The molecule has 6 nitrogen and oxygen atoms in total. The van der Waals surface area contributed by atoms with Crippen LogP contribution in [0.15, 0.2) is 18.7 Å². The lowest BCUT2D eigenvalue weighted by atomic mass is 10.1. The van der Waals surface area contributed by atoms with Gasteiger partial charge in [0.1, 0.15) is 12.2 Å². The SMILES string of the molecule is CCCn1cc(C(O)Cc2ncnn2CCC)cn1. The minimum absolute atomic E-state index is 0.470. The van der Waals surface area contributed by atoms with Gasteiger partial charge in [0.2, 0.25) is 0 Å². The van der Waals surface area contributed by atoms with Crippen molar-refractivity contribution in [2.24, 2.45) is 0 Å². The third kappa shape index (κ3) is 3.41. The van der Waals surface area contributed by atoms with Gasteiger partial charge in [-0.3, -0.25) is 9.36 Å². The van der Waals surface area contributed by atoms with E-state index in [9.17, 15) is 5.11 Å². The fourth-order valence-corrected chi connectivity index (χ4v) is 2.04. The first-order chi connectivity index (χ1) is 9.24. The van der Waals surface area contributed by atoms with E-state index in [4.69, 9.17) is 0 Å². The average molecular weight is 263 g/mol. The van der Waals surface area contributed by atoms with Crippen LogP contribution >= 0.6 is 0 Å². The van der Waals surface area contributed by atoms with Gasteiger partial charge in [-0.05, 0) is 12.8 Å². The zero-order valence-corrected chi connectivity index (χ0v) is 11.5. The molecule has 0 aromatic carbocycles. The molecule has 0 radical (unpaired) electrons. The molecule has 1 atom stereocenters. The maximum Gasteiger partial charge on any atom is 0.138 e. The Morgan fingerprint density at radius 1 is 1.21 bits per heavy atom. The van der Waals surface area contributed by atoms with Crippen molar-refractivity contribution in [3.05, 3.63) is 30.1 Å². The summed E-state index contributed by atoms with van der Waals surface area (Å²) >= 11 is 0. The van der Waals surface area contributed by atoms with Crippen molar-refractivity contribution in [1.29, 1.82) is 0 Å². The highest BCUT2D eigenvalue weighted by atomic mass is 16.3. The van der Waals surface area contributed by atoms with Crippen LogP contribution in [0.1, 0.15) is 44.2 Å². The van der Waals surface area contributed by atoms with Gasteiger partial charge in [0.25, 0.3) is 0 Å². The number of nitrogens with zero attached hydrogens (tertiary/aromatic N) is 5. The first-order valence-corrected chi connectivity index (χ1v) is 6.81. The monoisotopic (exact) mass is 263 g/mol. The van der Waals surface area contributed by atoms with Crippen molar-refractivity contribution >= 4 is 0 Å². The highest BCUT2D eigenvalue weighted by molar-refractivity contribution is 5.10. The van der Waals surface area contributed by atoms with Gasteiger partial charge < -0.3 is 5.11 Å². The highest BCUT2D eigenvalue weighted by Gasteiger charge is 2.14. The van der Waals surface area contributed by atoms with Crippen LogP contribution in [0.25, 0.3) is 0 Å². The fraction of sp³-hybridized carbons (Fsp3) is 0.615. The van der Waals surface area contributed by atoms with Crippen molar-refractivity contribution in [2.45, 2.75) is 52.3 Å². The number of rotatable bonds is 7. The number of hydrogen-bond donors (Lipinski definition) is 1. The summed E-state index contributed by atoms with van der Waals surface area (Å²) in [5.74, 6) is 0.817. The minimum Gasteiger partial charge on any atom is -0.388 e. The van der Waals surface area contributed by atoms with Gasteiger partial charge in [-0.2, -0.15) is 10.2 Å². The largest absolute Gasteiger partial charge is 0.388 e. The van der Waals surface area contributed by atoms with Gasteiger partial charge in [-0.25, -0.2) is 4.98 Å². The predicted molar refractivity (Wildman–Crippen MR) is 71.5 cm³/mol. The van der Waals surface area contributed by atoms with Gasteiger partial charge >= 0.3 is 0 Å². The van der Waals surface area contributed by atoms with Crippen LogP contribution in [0.3, 0.4) is 0 Å². The van der Waals surface area contributed by atoms with Crippen molar-refractivity contribution < 1.29 is 5.11 Å². The van der Waals surface area contributed by atoms with Crippen LogP contribution in [0, 0.1) is 0 Å². The lowest BCUT2D eigenvalue weighted by Gasteiger charge is -2.09. The van der Waals surface area contributed by atoms with Gasteiger partial charge in [0.05, 0.1) is 12.3 Å². The number of aliphatic hydroxyl groups is 1. The van der Waals surface area contributed by atoms with Gasteiger partial charge in [0.15, 0.2) is 0 Å². The van der Waals surface area contributed by atoms with E-state index in [2.05, 4.69) is 29.0 Å². The molecule has 0 amide bonds. The Bertz CT molecular complexity index is 505. The van der Waals surface area contributed by atoms with Crippen molar-refractivity contribution in [1.82, 2.24) is 24.5 Å². The second-order valence-corrected chi connectivity index (χ2v) is 4.66. The Kier molecular flexibility index (Phi) is 4.68. The normalized spacial score (nSPS) is 12.8. The Balaban J connectivity index is 2.02. The molecule has 0 saturated heterocycles. The van der Waals surface area contributed by atoms with E-state index >= 15 is 0 Å². The van der Waals surface area contributed by atoms with Crippen LogP contribution in [-0.2, 0) is 19.5 Å². The summed E-state index contributed by atoms with van der Waals surface area (Å²) in [7, 11) is 0. The third-order valence-corrected chi connectivity index (χ3v) is 3.00. The molecule has 0 spiro atoms. The molecular formula is C13H21N5O. The van der Waals surface area contributed by atoms with E-state index < -0.39 is 6.10 Å². The van der Waals surface area contributed by atoms with Crippen molar-refractivity contribution in [2.75, 3.05) is 0 Å². The van der Waals surface area contributed by atoms with E-state index in [1.807, 2.05) is 15.6 Å². The molecular weight excluding hydrogens is 242 g/mol. The zero-order valence-electron chi connectivity index (χ0n) is 11.5. The quantitative estimate of drug-likeness (QED) is 0.823. The number of aromatic nitrogens is 5. The van der Waals surface area contributed by atoms with E-state index in [0.29, 0.717) is 6.42 Å². The number of hydrogen-bond acceptors (Lipinski definition) is 4. The van der Waals surface area contributed by atoms with Crippen LogP contribution in [-0.4, -0.2) is 29.7 Å². The number of aliphatic hydroxyl groups excluding tert-OH is 1. The van der Waals surface area contributed by atoms with E-state index in [1.54, 1.807) is 6.20 Å². The molecule has 0 fully saturated rings. The minimum atomic E-state index is -0.578. The van der Waals surface area contributed by atoms with E-state index in [-0.39, 0.29) is 0 Å². The maximum absolute atomic E-state index is 10.2. The molecule has 0 aliphatic carbocycles. The van der Waals surface area contributed by atoms with Gasteiger partial charge in [0, 0.05) is 31.3 Å². The average Bonchev–Trinajstić information content (AvgIpc) is 3.01. The van der Waals surface area contributed by atoms with Crippen LogP contribution in [0.5, 0.6) is 0 Å². The molecule has 0 bridgehead atoms. The second kappa shape index (κ2) is 6.47. The molecule has 2 aromatic heterocycles. The van der Waals surface area contributed by atoms with E-state index in [0.717, 1.165) is 37.3 Å². The maximum atomic E-state index is 10.2. The van der Waals surface area contributed by atoms with Crippen LogP contribution in [0.2, 0.25) is 0 Å². The molecule has 19 heavy (non-hydrogen) atoms. The summed E-state index contributed by atoms with van der Waals surface area (Å²) in [6.45, 7) is 5.90. The molecule has 2 rings (SSSR count). The summed E-state index contributed by atoms with van der Waals surface area (Å²) in [5, 5.41) is 18.6. The van der Waals surface area contributed by atoms with Crippen molar-refractivity contribution in [3.63, 3.8) is 0 Å². The Hall–Kier alpha value is -1.69. The molecule has 0 aliphatic rings. The van der Waals surface area contributed by atoms with Crippen LogP contribution < -0.4 is 0 Å². The van der Waals surface area contributed by atoms with Crippen LogP contribution in [0.4, 0.5) is 0 Å². The topological polar surface area (TPSA) is 68.8 Å². The number of aryl methyl sites for hydroxylation is 2. The molecule has 2 aromatic rings. The lowest BCUT2D eigenvalue weighted by Crippen LogP contribution is -2.10. The predicted octanol–water partition coefficient (Wildman–Crippen LogP) is 1.57. The first kappa shape index (κ1) is 13.7. The molecule has 0 saturated carbocycles.